The first kappa shape index (κ1) is 29.9. The van der Waals surface area contributed by atoms with Gasteiger partial charge in [-0.05, 0) is 84.6 Å². The van der Waals surface area contributed by atoms with Gasteiger partial charge in [-0.25, -0.2) is 0 Å². The summed E-state index contributed by atoms with van der Waals surface area (Å²) in [6.45, 7) is 6.10. The molecule has 44 heavy (non-hydrogen) atoms. The van der Waals surface area contributed by atoms with Crippen LogP contribution in [-0.4, -0.2) is 73.3 Å². The summed E-state index contributed by atoms with van der Waals surface area (Å²) in [7, 11) is 0. The number of hydrogen-bond acceptors (Lipinski definition) is 6. The van der Waals surface area contributed by atoms with E-state index < -0.39 is 0 Å². The normalized spacial score (nSPS) is 16.3. The summed E-state index contributed by atoms with van der Waals surface area (Å²) in [6.07, 6.45) is 8.22. The van der Waals surface area contributed by atoms with Crippen molar-refractivity contribution in [2.75, 3.05) is 52.6 Å². The fourth-order valence-corrected chi connectivity index (χ4v) is 5.97. The first-order chi connectivity index (χ1) is 21.7. The van der Waals surface area contributed by atoms with Gasteiger partial charge in [0, 0.05) is 49.6 Å². The van der Waals surface area contributed by atoms with Crippen LogP contribution in [-0.2, 0) is 17.7 Å². The largest absolute Gasteiger partial charge is 0.492 e. The predicted octanol–water partition coefficient (Wildman–Crippen LogP) is 6.26. The van der Waals surface area contributed by atoms with Crippen LogP contribution < -0.4 is 9.47 Å². The number of hydrogen-bond donors (Lipinski definition) is 0. The first-order valence-corrected chi connectivity index (χ1v) is 15.8. The Hall–Kier alpha value is -4.20. The Morgan fingerprint density at radius 3 is 2.59 bits per heavy atom. The van der Waals surface area contributed by atoms with E-state index in [0.29, 0.717) is 51.5 Å². The molecular formula is C37H41N3O4. The molecule has 2 aliphatic rings. The minimum atomic E-state index is -0.0321. The number of rotatable bonds is 6. The highest BCUT2D eigenvalue weighted by atomic mass is 16.5. The van der Waals surface area contributed by atoms with Gasteiger partial charge in [0.25, 0.3) is 5.91 Å². The third-order valence-corrected chi connectivity index (χ3v) is 8.30. The van der Waals surface area contributed by atoms with Gasteiger partial charge in [0.2, 0.25) is 0 Å². The van der Waals surface area contributed by atoms with Gasteiger partial charge in [0.15, 0.2) is 0 Å². The molecule has 7 nitrogen and oxygen atoms in total. The summed E-state index contributed by atoms with van der Waals surface area (Å²) in [4.78, 5) is 22.4. The number of likely N-dealkylation sites (tertiary alicyclic amines) is 1. The Bertz CT molecular complexity index is 1520. The number of piperidine rings is 1. The predicted molar refractivity (Wildman–Crippen MR) is 172 cm³/mol. The molecule has 1 fully saturated rings. The van der Waals surface area contributed by atoms with Gasteiger partial charge in [-0.2, -0.15) is 0 Å². The minimum absolute atomic E-state index is 0.0321. The third kappa shape index (κ3) is 8.04. The summed E-state index contributed by atoms with van der Waals surface area (Å²) >= 11 is 0. The van der Waals surface area contributed by atoms with Gasteiger partial charge in [-0.15, -0.1) is 0 Å². The number of ether oxygens (including phenoxy) is 3. The second kappa shape index (κ2) is 15.0. The molecule has 0 N–H and O–H groups in total. The molecule has 228 valence electrons. The Labute approximate surface area is 260 Å². The van der Waals surface area contributed by atoms with E-state index >= 15 is 0 Å². The molecule has 6 rings (SSSR count). The number of fused-ring (bicyclic) bond motifs is 3. The summed E-state index contributed by atoms with van der Waals surface area (Å²) in [6, 6.07) is 26.4. The quantitative estimate of drug-likeness (QED) is 0.264. The van der Waals surface area contributed by atoms with Crippen molar-refractivity contribution in [3.8, 4) is 22.6 Å². The molecule has 0 radical (unpaired) electrons. The lowest BCUT2D eigenvalue weighted by Gasteiger charge is -2.26. The second-order valence-electron chi connectivity index (χ2n) is 11.5. The van der Waals surface area contributed by atoms with E-state index in [-0.39, 0.29) is 5.91 Å². The highest BCUT2D eigenvalue weighted by Crippen LogP contribution is 2.29. The highest BCUT2D eigenvalue weighted by molar-refractivity contribution is 5.94. The van der Waals surface area contributed by atoms with Crippen molar-refractivity contribution in [2.24, 2.45) is 0 Å². The van der Waals surface area contributed by atoms with Crippen molar-refractivity contribution in [3.63, 3.8) is 0 Å². The molecular weight excluding hydrogens is 550 g/mol. The zero-order valence-corrected chi connectivity index (χ0v) is 25.3. The molecule has 0 atom stereocenters. The Morgan fingerprint density at radius 2 is 1.70 bits per heavy atom. The summed E-state index contributed by atoms with van der Waals surface area (Å²) < 4.78 is 18.2. The number of benzene rings is 3. The van der Waals surface area contributed by atoms with Crippen LogP contribution in [0.25, 0.3) is 11.1 Å². The molecule has 0 spiro atoms. The molecule has 7 heteroatoms. The fraction of sp³-hybridized carbons (Fsp3) is 0.351. The van der Waals surface area contributed by atoms with Crippen LogP contribution in [0, 0.1) is 0 Å². The van der Waals surface area contributed by atoms with E-state index in [4.69, 9.17) is 14.2 Å². The molecule has 4 aromatic rings. The van der Waals surface area contributed by atoms with Gasteiger partial charge in [0.1, 0.15) is 24.7 Å². The molecule has 3 heterocycles. The Balaban J connectivity index is 1.18. The van der Waals surface area contributed by atoms with Gasteiger partial charge in [0.05, 0.1) is 13.2 Å². The van der Waals surface area contributed by atoms with Crippen molar-refractivity contribution in [1.82, 2.24) is 14.8 Å². The zero-order chi connectivity index (χ0) is 30.0. The number of pyridine rings is 1. The van der Waals surface area contributed by atoms with E-state index in [0.717, 1.165) is 53.4 Å². The van der Waals surface area contributed by atoms with E-state index in [1.807, 2.05) is 47.5 Å². The SMILES string of the molecule is O=C(c1cccc(OCCN2CCCCC2)c1)N1CCOCCOc2ccc(-c3cccnc3)cc2Cc2cccc(c2)C1. The van der Waals surface area contributed by atoms with Crippen LogP contribution in [0.3, 0.4) is 0 Å². The Kier molecular flexibility index (Phi) is 10.2. The number of nitrogens with zero attached hydrogens (tertiary/aromatic N) is 3. The molecule has 3 aromatic carbocycles. The maximum Gasteiger partial charge on any atom is 0.254 e. The van der Waals surface area contributed by atoms with Crippen molar-refractivity contribution in [1.29, 1.82) is 0 Å². The molecule has 1 aromatic heterocycles. The van der Waals surface area contributed by atoms with Gasteiger partial charge in [-0.3, -0.25) is 14.7 Å². The topological polar surface area (TPSA) is 64.1 Å². The zero-order valence-electron chi connectivity index (χ0n) is 25.3. The van der Waals surface area contributed by atoms with E-state index in [1.165, 1.54) is 24.8 Å². The van der Waals surface area contributed by atoms with Gasteiger partial charge >= 0.3 is 0 Å². The third-order valence-electron chi connectivity index (χ3n) is 8.30. The fourth-order valence-electron chi connectivity index (χ4n) is 5.97. The van der Waals surface area contributed by atoms with Gasteiger partial charge in [-0.1, -0.05) is 48.9 Å². The first-order valence-electron chi connectivity index (χ1n) is 15.8. The molecule has 2 aliphatic heterocycles. The average Bonchev–Trinajstić information content (AvgIpc) is 3.07. The minimum Gasteiger partial charge on any atom is -0.492 e. The maximum absolute atomic E-state index is 13.8. The number of carbonyl (C=O) groups excluding carboxylic acids is 1. The molecule has 2 bridgehead atoms. The molecule has 0 unspecified atom stereocenters. The maximum atomic E-state index is 13.8. The van der Waals surface area contributed by atoms with E-state index in [9.17, 15) is 4.79 Å². The lowest BCUT2D eigenvalue weighted by molar-refractivity contribution is 0.0571. The molecule has 1 saturated heterocycles. The highest BCUT2D eigenvalue weighted by Gasteiger charge is 2.18. The number of carbonyl (C=O) groups is 1. The van der Waals surface area contributed by atoms with Crippen molar-refractivity contribution in [2.45, 2.75) is 32.2 Å². The lowest BCUT2D eigenvalue weighted by atomic mass is 9.98. The Morgan fingerprint density at radius 1 is 0.818 bits per heavy atom. The smallest absolute Gasteiger partial charge is 0.254 e. The molecule has 0 aliphatic carbocycles. The van der Waals surface area contributed by atoms with Crippen LogP contribution in [0.15, 0.2) is 91.3 Å². The average molecular weight is 592 g/mol. The van der Waals surface area contributed by atoms with E-state index in [1.54, 1.807) is 6.20 Å². The summed E-state index contributed by atoms with van der Waals surface area (Å²) in [5.74, 6) is 1.56. The molecule has 1 amide bonds. The number of aromatic nitrogens is 1. The molecule has 0 saturated carbocycles. The monoisotopic (exact) mass is 591 g/mol. The summed E-state index contributed by atoms with van der Waals surface area (Å²) in [5, 5.41) is 0. The summed E-state index contributed by atoms with van der Waals surface area (Å²) in [5.41, 5.74) is 6.14. The van der Waals surface area contributed by atoms with Crippen LogP contribution in [0.4, 0.5) is 0 Å². The van der Waals surface area contributed by atoms with Crippen LogP contribution in [0.1, 0.15) is 46.3 Å². The van der Waals surface area contributed by atoms with Crippen molar-refractivity contribution < 1.29 is 19.0 Å². The van der Waals surface area contributed by atoms with Crippen molar-refractivity contribution in [3.05, 3.63) is 114 Å². The standard InChI is InChI=1S/C37H41N3O4/c41-37(32-9-5-11-35(26-32)43-20-17-39-15-2-1-3-16-39)40-18-19-42-21-22-44-36-13-12-31(33-10-6-14-38-27-33)25-34(36)24-29-7-4-8-30(23-29)28-40/h4-14,23,25-27H,1-3,15-22,24,28H2. The van der Waals surface area contributed by atoms with Crippen LogP contribution >= 0.6 is 0 Å². The van der Waals surface area contributed by atoms with Crippen molar-refractivity contribution >= 4 is 5.91 Å². The van der Waals surface area contributed by atoms with Crippen LogP contribution in [0.5, 0.6) is 11.5 Å². The second-order valence-corrected chi connectivity index (χ2v) is 11.5. The lowest BCUT2D eigenvalue weighted by Crippen LogP contribution is -2.34. The van der Waals surface area contributed by atoms with Crippen LogP contribution in [0.2, 0.25) is 0 Å². The number of amides is 1. The van der Waals surface area contributed by atoms with Gasteiger partial charge < -0.3 is 19.1 Å². The van der Waals surface area contributed by atoms with E-state index in [2.05, 4.69) is 52.3 Å².